The third kappa shape index (κ3) is 14.8. The smallest absolute Gasteiger partial charge is 0.222 e. The number of aliphatic hydroxyl groups is 1. The minimum absolute atomic E-state index is 0.0522. The van der Waals surface area contributed by atoms with Crippen molar-refractivity contribution in [2.24, 2.45) is 5.90 Å². The van der Waals surface area contributed by atoms with Gasteiger partial charge in [0, 0.05) is 51.0 Å². The van der Waals surface area contributed by atoms with E-state index >= 15 is 0 Å². The SMILES string of the molecule is CC(=O)CCCCC(=O)NCCSSCCCC(=O)N1CCCC1CON.CO. The second-order valence-corrected chi connectivity index (χ2v) is 9.43. The maximum Gasteiger partial charge on any atom is 0.222 e. The molecular formula is C19H37N3O5S2. The standard InChI is InChI=1S/C18H33N3O4S2.CH4O/c1-15(22)6-2-3-8-17(23)20-10-13-27-26-12-5-9-18(24)21-11-4-7-16(21)14-25-19;1-2/h16H,2-14,19H2,1H3,(H,20,23);2H,1H3. The number of Topliss-reactive ketones (excluding diaryl/α,β-unsaturated/α-hetero) is 1. The Morgan fingerprint density at radius 3 is 2.48 bits per heavy atom. The Hall–Kier alpha value is -0.810. The Labute approximate surface area is 182 Å². The molecule has 1 heterocycles. The van der Waals surface area contributed by atoms with Crippen molar-refractivity contribution >= 4 is 39.2 Å². The number of amides is 2. The van der Waals surface area contributed by atoms with E-state index in [1.165, 1.54) is 0 Å². The fourth-order valence-corrected chi connectivity index (χ4v) is 4.97. The summed E-state index contributed by atoms with van der Waals surface area (Å²) in [5, 5.41) is 9.89. The highest BCUT2D eigenvalue weighted by molar-refractivity contribution is 8.76. The fraction of sp³-hybridized carbons (Fsp3) is 0.842. The van der Waals surface area contributed by atoms with E-state index in [1.54, 1.807) is 28.5 Å². The molecule has 10 heteroatoms. The lowest BCUT2D eigenvalue weighted by molar-refractivity contribution is -0.133. The highest BCUT2D eigenvalue weighted by Gasteiger charge is 2.28. The van der Waals surface area contributed by atoms with Gasteiger partial charge in [-0.25, -0.2) is 5.90 Å². The zero-order valence-electron chi connectivity index (χ0n) is 17.7. The van der Waals surface area contributed by atoms with Crippen LogP contribution in [0, 0.1) is 0 Å². The molecule has 2 amide bonds. The molecule has 1 aliphatic rings. The minimum Gasteiger partial charge on any atom is -0.400 e. The topological polar surface area (TPSA) is 122 Å². The van der Waals surface area contributed by atoms with Crippen LogP contribution >= 0.6 is 21.6 Å². The molecule has 170 valence electrons. The maximum absolute atomic E-state index is 12.2. The number of aliphatic hydroxyl groups excluding tert-OH is 1. The van der Waals surface area contributed by atoms with E-state index < -0.39 is 0 Å². The summed E-state index contributed by atoms with van der Waals surface area (Å²) in [6.07, 6.45) is 5.99. The molecule has 4 N–H and O–H groups in total. The molecular weight excluding hydrogens is 414 g/mol. The summed E-state index contributed by atoms with van der Waals surface area (Å²) in [4.78, 5) is 41.3. The first-order valence-electron chi connectivity index (χ1n) is 10.1. The largest absolute Gasteiger partial charge is 0.400 e. The first-order valence-corrected chi connectivity index (χ1v) is 12.6. The molecule has 1 rings (SSSR count). The van der Waals surface area contributed by atoms with E-state index in [-0.39, 0.29) is 23.6 Å². The van der Waals surface area contributed by atoms with Crippen LogP contribution in [-0.4, -0.2) is 72.0 Å². The van der Waals surface area contributed by atoms with Crippen molar-refractivity contribution in [1.29, 1.82) is 0 Å². The number of hydrogen-bond donors (Lipinski definition) is 3. The molecule has 0 spiro atoms. The molecule has 29 heavy (non-hydrogen) atoms. The van der Waals surface area contributed by atoms with E-state index in [9.17, 15) is 14.4 Å². The van der Waals surface area contributed by atoms with Gasteiger partial charge in [0.25, 0.3) is 0 Å². The normalized spacial score (nSPS) is 15.6. The summed E-state index contributed by atoms with van der Waals surface area (Å²) in [5.41, 5.74) is 0. The lowest BCUT2D eigenvalue weighted by Crippen LogP contribution is -2.38. The van der Waals surface area contributed by atoms with Gasteiger partial charge in [-0.15, -0.1) is 0 Å². The van der Waals surface area contributed by atoms with Crippen LogP contribution in [0.1, 0.15) is 58.3 Å². The highest BCUT2D eigenvalue weighted by atomic mass is 33.1. The second-order valence-electron chi connectivity index (χ2n) is 6.72. The Kier molecular flexibility index (Phi) is 18.6. The van der Waals surface area contributed by atoms with E-state index in [0.29, 0.717) is 32.4 Å². The summed E-state index contributed by atoms with van der Waals surface area (Å²) >= 11 is 0. The van der Waals surface area contributed by atoms with Crippen molar-refractivity contribution in [2.45, 2.75) is 64.3 Å². The number of rotatable bonds is 15. The minimum atomic E-state index is 0.0522. The van der Waals surface area contributed by atoms with Crippen LogP contribution in [0.3, 0.4) is 0 Å². The van der Waals surface area contributed by atoms with E-state index in [0.717, 1.165) is 57.3 Å². The average Bonchev–Trinajstić information content (AvgIpc) is 3.17. The first kappa shape index (κ1) is 28.2. The molecule has 0 radical (unpaired) electrons. The predicted molar refractivity (Wildman–Crippen MR) is 119 cm³/mol. The Bertz CT molecular complexity index is 469. The molecule has 0 aromatic heterocycles. The van der Waals surface area contributed by atoms with Crippen LogP contribution < -0.4 is 11.2 Å². The summed E-state index contributed by atoms with van der Waals surface area (Å²) in [7, 11) is 4.45. The van der Waals surface area contributed by atoms with Crippen LogP contribution in [0.5, 0.6) is 0 Å². The molecule has 1 fully saturated rings. The van der Waals surface area contributed by atoms with Gasteiger partial charge < -0.3 is 25.0 Å². The van der Waals surface area contributed by atoms with E-state index in [1.807, 2.05) is 4.90 Å². The number of unbranched alkanes of at least 4 members (excludes halogenated alkanes) is 1. The van der Waals surface area contributed by atoms with E-state index in [4.69, 9.17) is 15.8 Å². The van der Waals surface area contributed by atoms with Crippen molar-refractivity contribution in [2.75, 3.05) is 38.3 Å². The molecule has 0 saturated carbocycles. The number of likely N-dealkylation sites (tertiary alicyclic amines) is 1. The van der Waals surface area contributed by atoms with Gasteiger partial charge in [-0.2, -0.15) is 0 Å². The van der Waals surface area contributed by atoms with Gasteiger partial charge in [-0.05, 0) is 39.0 Å². The predicted octanol–water partition coefficient (Wildman–Crippen LogP) is 1.90. The average molecular weight is 452 g/mol. The number of carbonyl (C=O) groups excluding carboxylic acids is 3. The van der Waals surface area contributed by atoms with Crippen LogP contribution in [0.4, 0.5) is 0 Å². The Morgan fingerprint density at radius 1 is 1.10 bits per heavy atom. The fourth-order valence-electron chi connectivity index (χ4n) is 2.97. The van der Waals surface area contributed by atoms with Crippen molar-refractivity contribution in [3.63, 3.8) is 0 Å². The number of nitrogens with two attached hydrogens (primary N) is 1. The molecule has 0 bridgehead atoms. The Balaban J connectivity index is 0.00000379. The van der Waals surface area contributed by atoms with Gasteiger partial charge in [0.2, 0.25) is 11.8 Å². The van der Waals surface area contributed by atoms with E-state index in [2.05, 4.69) is 5.32 Å². The number of ketones is 1. The first-order chi connectivity index (χ1) is 14.0. The zero-order valence-corrected chi connectivity index (χ0v) is 19.3. The van der Waals surface area contributed by atoms with Crippen molar-refractivity contribution in [1.82, 2.24) is 10.2 Å². The zero-order chi connectivity index (χ0) is 21.9. The van der Waals surface area contributed by atoms with Gasteiger partial charge >= 0.3 is 0 Å². The van der Waals surface area contributed by atoms with Crippen molar-refractivity contribution < 1.29 is 24.3 Å². The molecule has 0 aromatic carbocycles. The lowest BCUT2D eigenvalue weighted by Gasteiger charge is -2.23. The molecule has 1 aliphatic heterocycles. The quantitative estimate of drug-likeness (QED) is 0.196. The van der Waals surface area contributed by atoms with Crippen molar-refractivity contribution in [3.05, 3.63) is 0 Å². The van der Waals surface area contributed by atoms with Gasteiger partial charge in [0.15, 0.2) is 0 Å². The summed E-state index contributed by atoms with van der Waals surface area (Å²) in [6.45, 7) is 3.45. The molecule has 8 nitrogen and oxygen atoms in total. The van der Waals surface area contributed by atoms with Crippen LogP contribution in [-0.2, 0) is 19.2 Å². The van der Waals surface area contributed by atoms with Gasteiger partial charge in [-0.1, -0.05) is 21.6 Å². The van der Waals surface area contributed by atoms with Crippen LogP contribution in [0.2, 0.25) is 0 Å². The summed E-state index contributed by atoms with van der Waals surface area (Å²) in [6, 6.07) is 0.135. The number of carbonyl (C=O) groups is 3. The van der Waals surface area contributed by atoms with Crippen LogP contribution in [0.25, 0.3) is 0 Å². The van der Waals surface area contributed by atoms with Gasteiger partial charge in [-0.3, -0.25) is 9.59 Å². The third-order valence-corrected chi connectivity index (χ3v) is 6.87. The summed E-state index contributed by atoms with van der Waals surface area (Å²) < 4.78 is 0. The van der Waals surface area contributed by atoms with Crippen LogP contribution in [0.15, 0.2) is 0 Å². The Morgan fingerprint density at radius 2 is 1.79 bits per heavy atom. The highest BCUT2D eigenvalue weighted by Crippen LogP contribution is 2.23. The summed E-state index contributed by atoms with van der Waals surface area (Å²) in [5.74, 6) is 7.31. The molecule has 1 atom stereocenters. The van der Waals surface area contributed by atoms with Gasteiger partial charge in [0.1, 0.15) is 5.78 Å². The molecule has 1 unspecified atom stereocenters. The van der Waals surface area contributed by atoms with Gasteiger partial charge in [0.05, 0.1) is 12.6 Å². The molecule has 1 saturated heterocycles. The lowest BCUT2D eigenvalue weighted by atomic mass is 10.1. The van der Waals surface area contributed by atoms with Crippen molar-refractivity contribution in [3.8, 4) is 0 Å². The third-order valence-electron chi connectivity index (χ3n) is 4.38. The number of hydrogen-bond acceptors (Lipinski definition) is 8. The molecule has 0 aromatic rings. The molecule has 0 aliphatic carbocycles. The maximum atomic E-state index is 12.2. The number of nitrogens with one attached hydrogen (secondary N) is 1. The second kappa shape index (κ2) is 19.2. The monoisotopic (exact) mass is 451 g/mol. The number of nitrogens with zero attached hydrogens (tertiary/aromatic N) is 1.